The first-order valence-corrected chi connectivity index (χ1v) is 8.83. The number of ether oxygens (including phenoxy) is 1. The van der Waals surface area contributed by atoms with Crippen molar-refractivity contribution in [1.29, 1.82) is 0 Å². The molecule has 6 heteroatoms. The molecular weight excluding hydrogens is 360 g/mol. The van der Waals surface area contributed by atoms with Crippen LogP contribution in [0.3, 0.4) is 0 Å². The van der Waals surface area contributed by atoms with Crippen LogP contribution in [0.25, 0.3) is 22.2 Å². The average molecular weight is 380 g/mol. The van der Waals surface area contributed by atoms with E-state index < -0.39 is 5.97 Å². The molecule has 1 N–H and O–H groups in total. The zero-order valence-corrected chi connectivity index (χ0v) is 16.2. The highest BCUT2D eigenvalue weighted by Gasteiger charge is 2.17. The quantitative estimate of drug-likeness (QED) is 0.677. The van der Waals surface area contributed by atoms with Gasteiger partial charge in [0.15, 0.2) is 0 Å². The number of likely N-dealkylation sites (N-methyl/N-ethyl adjacent to an activating group) is 1. The van der Waals surface area contributed by atoms with Crippen molar-refractivity contribution in [2.24, 2.45) is 0 Å². The summed E-state index contributed by atoms with van der Waals surface area (Å²) in [4.78, 5) is 17.9. The van der Waals surface area contributed by atoms with Crippen LogP contribution in [-0.4, -0.2) is 46.7 Å². The normalized spacial score (nSPS) is 10.6. The number of aromatic nitrogens is 1. The van der Waals surface area contributed by atoms with E-state index >= 15 is 0 Å². The molecule has 3 rings (SSSR count). The Balaban J connectivity index is 2.22. The lowest BCUT2D eigenvalue weighted by Crippen LogP contribution is -2.31. The molecule has 0 saturated heterocycles. The van der Waals surface area contributed by atoms with E-state index in [2.05, 4.69) is 0 Å². The van der Waals surface area contributed by atoms with Gasteiger partial charge in [-0.3, -0.25) is 4.79 Å². The molecule has 0 spiro atoms. The number of para-hydroxylation sites is 1. The summed E-state index contributed by atoms with van der Waals surface area (Å²) in [5, 5.41) is 10.0. The van der Waals surface area contributed by atoms with Crippen LogP contribution in [-0.2, 0) is 4.79 Å². The maximum Gasteiger partial charge on any atom is 0.323 e. The largest absolute Gasteiger partial charge is 0.496 e. The Labute approximate surface area is 163 Å². The van der Waals surface area contributed by atoms with Gasteiger partial charge in [-0.15, -0.1) is 0 Å². The first-order valence-electron chi connectivity index (χ1n) is 8.42. The highest BCUT2D eigenvalue weighted by atomic mass is 32.1. The van der Waals surface area contributed by atoms with Crippen LogP contribution in [0.15, 0.2) is 48.5 Å². The van der Waals surface area contributed by atoms with E-state index in [0.29, 0.717) is 10.7 Å². The molecule has 0 aliphatic rings. The summed E-state index contributed by atoms with van der Waals surface area (Å²) >= 11 is 5.61. The minimum Gasteiger partial charge on any atom is -0.496 e. The molecule has 5 nitrogen and oxygen atoms in total. The Hall–Kier alpha value is -2.99. The van der Waals surface area contributed by atoms with Crippen molar-refractivity contribution in [3.05, 3.63) is 59.7 Å². The van der Waals surface area contributed by atoms with E-state index in [4.69, 9.17) is 27.0 Å². The van der Waals surface area contributed by atoms with Gasteiger partial charge >= 0.3 is 5.97 Å². The lowest BCUT2D eigenvalue weighted by molar-refractivity contribution is -0.137. The second kappa shape index (κ2) is 7.72. The summed E-state index contributed by atoms with van der Waals surface area (Å²) in [6, 6.07) is 15.5. The molecule has 0 bridgehead atoms. The van der Waals surface area contributed by atoms with Crippen molar-refractivity contribution in [2.45, 2.75) is 6.92 Å². The third-order valence-electron chi connectivity index (χ3n) is 4.30. The van der Waals surface area contributed by atoms with Crippen molar-refractivity contribution < 1.29 is 14.6 Å². The van der Waals surface area contributed by atoms with Gasteiger partial charge in [0.1, 0.15) is 17.3 Å². The number of aliphatic carboxylic acids is 1. The molecule has 2 aromatic carbocycles. The van der Waals surface area contributed by atoms with Gasteiger partial charge in [-0.05, 0) is 37.3 Å². The zero-order chi connectivity index (χ0) is 19.6. The third-order valence-corrected chi connectivity index (χ3v) is 4.83. The van der Waals surface area contributed by atoms with Crippen LogP contribution in [0.1, 0.15) is 11.1 Å². The average Bonchev–Trinajstić information content (AvgIpc) is 2.66. The lowest BCUT2D eigenvalue weighted by atomic mass is 10.0. The number of pyridine rings is 1. The molecule has 0 unspecified atom stereocenters. The Morgan fingerprint density at radius 2 is 1.96 bits per heavy atom. The van der Waals surface area contributed by atoms with Gasteiger partial charge in [-0.25, -0.2) is 4.98 Å². The van der Waals surface area contributed by atoms with E-state index in [1.54, 1.807) is 19.1 Å². The number of hydrogen-bond donors (Lipinski definition) is 1. The number of rotatable bonds is 5. The molecule has 0 saturated carbocycles. The number of carbonyl (C=O) groups is 1. The van der Waals surface area contributed by atoms with Crippen molar-refractivity contribution >= 4 is 34.1 Å². The molecule has 0 aliphatic carbocycles. The minimum atomic E-state index is -0.931. The van der Waals surface area contributed by atoms with E-state index in [0.717, 1.165) is 33.3 Å². The molecular formula is C21H20N2O3S. The van der Waals surface area contributed by atoms with Gasteiger partial charge < -0.3 is 14.7 Å². The molecule has 0 atom stereocenters. The van der Waals surface area contributed by atoms with Crippen LogP contribution in [0.2, 0.25) is 0 Å². The number of aryl methyl sites for hydroxylation is 1. The maximum absolute atomic E-state index is 11.1. The first-order chi connectivity index (χ1) is 12.9. The summed E-state index contributed by atoms with van der Waals surface area (Å²) < 4.78 is 5.47. The van der Waals surface area contributed by atoms with Crippen molar-refractivity contribution in [3.8, 4) is 17.0 Å². The third kappa shape index (κ3) is 3.90. The van der Waals surface area contributed by atoms with Crippen molar-refractivity contribution in [3.63, 3.8) is 0 Å². The number of carboxylic acid groups (broad SMARTS) is 1. The molecule has 0 fully saturated rings. The van der Waals surface area contributed by atoms with Gasteiger partial charge in [0.05, 0.1) is 18.3 Å². The standard InChI is InChI=1S/C21H20N2O3S/c1-13-8-9-17-15(10-13)16(21(27)23(2)12-20(24)25)11-18(22-17)14-6-4-5-7-19(14)26-3/h4-11H,12H2,1-3H3,(H,24,25). The smallest absolute Gasteiger partial charge is 0.323 e. The molecule has 138 valence electrons. The zero-order valence-electron chi connectivity index (χ0n) is 15.4. The van der Waals surface area contributed by atoms with Crippen LogP contribution in [0.4, 0.5) is 0 Å². The Kier molecular flexibility index (Phi) is 5.37. The predicted octanol–water partition coefficient (Wildman–Crippen LogP) is 3.91. The number of benzene rings is 2. The fourth-order valence-corrected chi connectivity index (χ4v) is 3.22. The highest BCUT2D eigenvalue weighted by Crippen LogP contribution is 2.32. The van der Waals surface area contributed by atoms with Gasteiger partial charge in [0.25, 0.3) is 0 Å². The predicted molar refractivity (Wildman–Crippen MR) is 110 cm³/mol. The van der Waals surface area contributed by atoms with E-state index in [1.165, 1.54) is 0 Å². The number of fused-ring (bicyclic) bond motifs is 1. The number of methoxy groups -OCH3 is 1. The summed E-state index contributed by atoms with van der Waals surface area (Å²) in [7, 11) is 3.30. The van der Waals surface area contributed by atoms with Crippen LogP contribution in [0.5, 0.6) is 5.75 Å². The monoisotopic (exact) mass is 380 g/mol. The van der Waals surface area contributed by atoms with Gasteiger partial charge in [-0.2, -0.15) is 0 Å². The molecule has 1 heterocycles. The topological polar surface area (TPSA) is 62.7 Å². The van der Waals surface area contributed by atoms with E-state index in [9.17, 15) is 4.79 Å². The molecule has 1 aromatic heterocycles. The first kappa shape index (κ1) is 18.8. The van der Waals surface area contributed by atoms with Crippen LogP contribution >= 0.6 is 12.2 Å². The molecule has 0 amide bonds. The second-order valence-electron chi connectivity index (χ2n) is 6.33. The van der Waals surface area contributed by atoms with Crippen molar-refractivity contribution in [2.75, 3.05) is 20.7 Å². The lowest BCUT2D eigenvalue weighted by Gasteiger charge is -2.20. The number of thiocarbonyl (C=S) groups is 1. The fraction of sp³-hybridized carbons (Fsp3) is 0.190. The Morgan fingerprint density at radius 3 is 2.67 bits per heavy atom. The SMILES string of the molecule is COc1ccccc1-c1cc(C(=S)N(C)CC(=O)O)c2cc(C)ccc2n1. The fourth-order valence-electron chi connectivity index (χ4n) is 2.99. The maximum atomic E-state index is 11.1. The molecule has 0 radical (unpaired) electrons. The molecule has 3 aromatic rings. The molecule has 27 heavy (non-hydrogen) atoms. The van der Waals surface area contributed by atoms with Gasteiger partial charge in [0, 0.05) is 23.6 Å². The minimum absolute atomic E-state index is 0.168. The number of hydrogen-bond acceptors (Lipinski definition) is 4. The Morgan fingerprint density at radius 1 is 1.22 bits per heavy atom. The van der Waals surface area contributed by atoms with Crippen molar-refractivity contribution in [1.82, 2.24) is 9.88 Å². The summed E-state index contributed by atoms with van der Waals surface area (Å²) in [6.07, 6.45) is 0. The Bertz CT molecular complexity index is 1030. The summed E-state index contributed by atoms with van der Waals surface area (Å²) in [5.41, 5.74) is 4.24. The van der Waals surface area contributed by atoms with E-state index in [-0.39, 0.29) is 6.54 Å². The summed E-state index contributed by atoms with van der Waals surface area (Å²) in [5.74, 6) is -0.216. The highest BCUT2D eigenvalue weighted by molar-refractivity contribution is 7.80. The van der Waals surface area contributed by atoms with Gasteiger partial charge in [0.2, 0.25) is 0 Å². The number of carboxylic acids is 1. The van der Waals surface area contributed by atoms with Crippen LogP contribution < -0.4 is 4.74 Å². The second-order valence-corrected chi connectivity index (χ2v) is 6.72. The van der Waals surface area contributed by atoms with Crippen LogP contribution in [0, 0.1) is 6.92 Å². The van der Waals surface area contributed by atoms with E-state index in [1.807, 2.05) is 55.5 Å². The number of nitrogens with zero attached hydrogens (tertiary/aromatic N) is 2. The summed E-state index contributed by atoms with van der Waals surface area (Å²) in [6.45, 7) is 1.83. The molecule has 0 aliphatic heterocycles. The van der Waals surface area contributed by atoms with Gasteiger partial charge in [-0.1, -0.05) is 36.0 Å².